The average Bonchev–Trinajstić information content (AvgIpc) is 3.26. The number of rotatable bonds is 7. The summed E-state index contributed by atoms with van der Waals surface area (Å²) in [6, 6.07) is 27.2. The molecule has 0 saturated carbocycles. The van der Waals surface area contributed by atoms with Crippen LogP contribution in [0.25, 0.3) is 0 Å². The SMILES string of the molecule is O=C(CCCc1ccccc1)N1CCC[C@H]1c1cccc(Cc2ccccc2)n1. The average molecular weight is 385 g/mol. The van der Waals surface area contributed by atoms with Crippen molar-refractivity contribution in [2.45, 2.75) is 44.6 Å². The van der Waals surface area contributed by atoms with Gasteiger partial charge in [-0.3, -0.25) is 9.78 Å². The van der Waals surface area contributed by atoms with Gasteiger partial charge in [0.25, 0.3) is 0 Å². The summed E-state index contributed by atoms with van der Waals surface area (Å²) in [4.78, 5) is 19.9. The molecule has 148 valence electrons. The molecule has 4 rings (SSSR count). The summed E-state index contributed by atoms with van der Waals surface area (Å²) in [6.07, 6.45) is 5.34. The van der Waals surface area contributed by atoms with E-state index in [0.29, 0.717) is 6.42 Å². The van der Waals surface area contributed by atoms with E-state index in [1.165, 1.54) is 11.1 Å². The largest absolute Gasteiger partial charge is 0.334 e. The Morgan fingerprint density at radius 1 is 0.897 bits per heavy atom. The monoisotopic (exact) mass is 384 g/mol. The Morgan fingerprint density at radius 2 is 1.62 bits per heavy atom. The molecule has 1 aromatic heterocycles. The van der Waals surface area contributed by atoms with Crippen LogP contribution in [-0.2, 0) is 17.6 Å². The van der Waals surface area contributed by atoms with Crippen LogP contribution in [0.15, 0.2) is 78.9 Å². The lowest BCUT2D eigenvalue weighted by Gasteiger charge is -2.25. The first-order chi connectivity index (χ1) is 14.3. The van der Waals surface area contributed by atoms with Crippen LogP contribution in [0.4, 0.5) is 0 Å². The van der Waals surface area contributed by atoms with E-state index in [0.717, 1.165) is 50.0 Å². The van der Waals surface area contributed by atoms with Crippen LogP contribution in [0.3, 0.4) is 0 Å². The molecule has 1 fully saturated rings. The first-order valence-corrected chi connectivity index (χ1v) is 10.6. The molecule has 0 unspecified atom stereocenters. The Labute approximate surface area is 173 Å². The van der Waals surface area contributed by atoms with Crippen molar-refractivity contribution >= 4 is 5.91 Å². The number of benzene rings is 2. The van der Waals surface area contributed by atoms with Crippen molar-refractivity contribution in [3.63, 3.8) is 0 Å². The van der Waals surface area contributed by atoms with Crippen LogP contribution in [0.1, 0.15) is 54.2 Å². The minimum absolute atomic E-state index is 0.120. The van der Waals surface area contributed by atoms with Gasteiger partial charge in [-0.1, -0.05) is 66.7 Å². The van der Waals surface area contributed by atoms with Crippen LogP contribution in [-0.4, -0.2) is 22.3 Å². The second-order valence-electron chi connectivity index (χ2n) is 7.80. The van der Waals surface area contributed by atoms with Crippen molar-refractivity contribution in [1.29, 1.82) is 0 Å². The molecule has 29 heavy (non-hydrogen) atoms. The lowest BCUT2D eigenvalue weighted by molar-refractivity contribution is -0.132. The zero-order valence-electron chi connectivity index (χ0n) is 16.8. The van der Waals surface area contributed by atoms with Crippen molar-refractivity contribution in [3.8, 4) is 0 Å². The molecule has 1 aliphatic heterocycles. The normalized spacial score (nSPS) is 16.1. The predicted octanol–water partition coefficient (Wildman–Crippen LogP) is 5.36. The third kappa shape index (κ3) is 5.11. The van der Waals surface area contributed by atoms with Gasteiger partial charge in [-0.05, 0) is 48.9 Å². The summed E-state index contributed by atoms with van der Waals surface area (Å²) in [5.41, 5.74) is 4.66. The standard InChI is InChI=1S/C26H28N2O/c29-26(18-7-14-21-10-3-1-4-11-21)28-19-9-17-25(28)24-16-8-15-23(27-24)20-22-12-5-2-6-13-22/h1-6,8,10-13,15-16,25H,7,9,14,17-20H2/t25-/m0/s1. The second kappa shape index (κ2) is 9.51. The zero-order valence-corrected chi connectivity index (χ0v) is 16.8. The smallest absolute Gasteiger partial charge is 0.223 e. The summed E-state index contributed by atoms with van der Waals surface area (Å²) in [5, 5.41) is 0. The quantitative estimate of drug-likeness (QED) is 0.549. The Hall–Kier alpha value is -2.94. The molecule has 3 nitrogen and oxygen atoms in total. The number of nitrogens with zero attached hydrogens (tertiary/aromatic N) is 2. The number of carbonyl (C=O) groups excluding carboxylic acids is 1. The van der Waals surface area contributed by atoms with Crippen molar-refractivity contribution in [3.05, 3.63) is 101 Å². The summed E-state index contributed by atoms with van der Waals surface area (Å²) in [5.74, 6) is 0.263. The van der Waals surface area contributed by atoms with Crippen LogP contribution in [0, 0.1) is 0 Å². The third-order valence-electron chi connectivity index (χ3n) is 5.67. The highest BCUT2D eigenvalue weighted by molar-refractivity contribution is 5.77. The minimum Gasteiger partial charge on any atom is -0.334 e. The Balaban J connectivity index is 1.38. The highest BCUT2D eigenvalue weighted by atomic mass is 16.2. The molecule has 0 aliphatic carbocycles. The van der Waals surface area contributed by atoms with Crippen LogP contribution in [0.5, 0.6) is 0 Å². The molecule has 1 aliphatic rings. The van der Waals surface area contributed by atoms with E-state index in [9.17, 15) is 4.79 Å². The van der Waals surface area contributed by atoms with E-state index in [4.69, 9.17) is 4.98 Å². The molecular formula is C26H28N2O. The number of hydrogen-bond donors (Lipinski definition) is 0. The van der Waals surface area contributed by atoms with E-state index >= 15 is 0 Å². The third-order valence-corrected chi connectivity index (χ3v) is 5.67. The van der Waals surface area contributed by atoms with Gasteiger partial charge < -0.3 is 4.90 Å². The van der Waals surface area contributed by atoms with Gasteiger partial charge in [0.15, 0.2) is 0 Å². The molecule has 3 aromatic rings. The van der Waals surface area contributed by atoms with E-state index < -0.39 is 0 Å². The number of amides is 1. The maximum absolute atomic E-state index is 12.9. The Bertz CT molecular complexity index is 924. The highest BCUT2D eigenvalue weighted by Gasteiger charge is 2.30. The number of likely N-dealkylation sites (tertiary alicyclic amines) is 1. The second-order valence-corrected chi connectivity index (χ2v) is 7.80. The maximum Gasteiger partial charge on any atom is 0.223 e. The van der Waals surface area contributed by atoms with Gasteiger partial charge in [-0.15, -0.1) is 0 Å². The van der Waals surface area contributed by atoms with Gasteiger partial charge in [0.2, 0.25) is 5.91 Å². The zero-order chi connectivity index (χ0) is 19.9. The van der Waals surface area contributed by atoms with Crippen LogP contribution in [0.2, 0.25) is 0 Å². The summed E-state index contributed by atoms with van der Waals surface area (Å²) >= 11 is 0. The van der Waals surface area contributed by atoms with Crippen LogP contribution >= 0.6 is 0 Å². The van der Waals surface area contributed by atoms with Crippen molar-refractivity contribution in [2.24, 2.45) is 0 Å². The predicted molar refractivity (Wildman–Crippen MR) is 117 cm³/mol. The lowest BCUT2D eigenvalue weighted by Crippen LogP contribution is -2.31. The molecule has 0 bridgehead atoms. The summed E-state index contributed by atoms with van der Waals surface area (Å²) in [7, 11) is 0. The van der Waals surface area contributed by atoms with Gasteiger partial charge in [-0.25, -0.2) is 0 Å². The molecule has 0 spiro atoms. The van der Waals surface area contributed by atoms with Gasteiger partial charge in [0.05, 0.1) is 11.7 Å². The molecule has 3 heteroatoms. The van der Waals surface area contributed by atoms with E-state index in [1.54, 1.807) is 0 Å². The topological polar surface area (TPSA) is 33.2 Å². The molecule has 1 atom stereocenters. The number of pyridine rings is 1. The van der Waals surface area contributed by atoms with Crippen molar-refractivity contribution in [1.82, 2.24) is 9.88 Å². The fourth-order valence-corrected chi connectivity index (χ4v) is 4.19. The number of hydrogen-bond acceptors (Lipinski definition) is 2. The lowest BCUT2D eigenvalue weighted by atomic mass is 10.1. The van der Waals surface area contributed by atoms with Gasteiger partial charge >= 0.3 is 0 Å². The molecule has 0 radical (unpaired) electrons. The fourth-order valence-electron chi connectivity index (χ4n) is 4.19. The van der Waals surface area contributed by atoms with E-state index in [1.807, 2.05) is 12.1 Å². The van der Waals surface area contributed by atoms with Crippen molar-refractivity contribution in [2.75, 3.05) is 6.54 Å². The van der Waals surface area contributed by atoms with Crippen molar-refractivity contribution < 1.29 is 4.79 Å². The van der Waals surface area contributed by atoms with E-state index in [2.05, 4.69) is 71.6 Å². The Morgan fingerprint density at radius 3 is 2.38 bits per heavy atom. The number of aromatic nitrogens is 1. The summed E-state index contributed by atoms with van der Waals surface area (Å²) < 4.78 is 0. The molecule has 0 N–H and O–H groups in total. The van der Waals surface area contributed by atoms with Gasteiger partial charge in [0.1, 0.15) is 0 Å². The highest BCUT2D eigenvalue weighted by Crippen LogP contribution is 2.31. The van der Waals surface area contributed by atoms with Gasteiger partial charge in [-0.2, -0.15) is 0 Å². The first-order valence-electron chi connectivity index (χ1n) is 10.6. The minimum atomic E-state index is 0.120. The summed E-state index contributed by atoms with van der Waals surface area (Å²) in [6.45, 7) is 0.847. The number of carbonyl (C=O) groups is 1. The molecule has 1 amide bonds. The molecule has 2 aromatic carbocycles. The number of aryl methyl sites for hydroxylation is 1. The maximum atomic E-state index is 12.9. The fraction of sp³-hybridized carbons (Fsp3) is 0.308. The first kappa shape index (κ1) is 19.4. The van der Waals surface area contributed by atoms with Gasteiger partial charge in [0, 0.05) is 25.1 Å². The molecule has 1 saturated heterocycles. The Kier molecular flexibility index (Phi) is 6.35. The van der Waals surface area contributed by atoms with E-state index in [-0.39, 0.29) is 11.9 Å². The van der Waals surface area contributed by atoms with Crippen LogP contribution < -0.4 is 0 Å². The molecule has 2 heterocycles. The molecular weight excluding hydrogens is 356 g/mol.